The molecule has 6 nitrogen and oxygen atoms in total. The summed E-state index contributed by atoms with van der Waals surface area (Å²) in [5.41, 5.74) is 2.18. The van der Waals surface area contributed by atoms with E-state index in [1.807, 2.05) is 48.5 Å². The first-order valence-corrected chi connectivity index (χ1v) is 7.24. The minimum Gasteiger partial charge on any atom is -0.320 e. The minimum atomic E-state index is -0.691. The van der Waals surface area contributed by atoms with Gasteiger partial charge >= 0.3 is 6.09 Å². The number of carbonyl (C=O) groups excluding carboxylic acids is 2. The molecule has 1 N–H and O–H groups in total. The highest BCUT2D eigenvalue weighted by atomic mass is 16.7. The van der Waals surface area contributed by atoms with Crippen molar-refractivity contribution < 1.29 is 14.4 Å². The van der Waals surface area contributed by atoms with Crippen LogP contribution in [0.5, 0.6) is 0 Å². The van der Waals surface area contributed by atoms with Crippen molar-refractivity contribution in [3.05, 3.63) is 60.2 Å². The Morgan fingerprint density at radius 3 is 2.57 bits per heavy atom. The number of nitrogens with zero attached hydrogens (tertiary/aromatic N) is 2. The van der Waals surface area contributed by atoms with Gasteiger partial charge < -0.3 is 5.32 Å². The van der Waals surface area contributed by atoms with Gasteiger partial charge in [0.2, 0.25) is 0 Å². The zero-order chi connectivity index (χ0) is 16.2. The van der Waals surface area contributed by atoms with Crippen LogP contribution in [0.2, 0.25) is 0 Å². The third-order valence-electron chi connectivity index (χ3n) is 3.36. The van der Waals surface area contributed by atoms with Gasteiger partial charge in [-0.2, -0.15) is 0 Å². The molecule has 1 aliphatic heterocycles. The van der Waals surface area contributed by atoms with Crippen LogP contribution in [0.1, 0.15) is 12.5 Å². The number of para-hydroxylation sites is 2. The van der Waals surface area contributed by atoms with Gasteiger partial charge in [0.25, 0.3) is 5.91 Å². The number of hydrogen-bond donors (Lipinski definition) is 1. The largest absolute Gasteiger partial charge is 0.433 e. The molecule has 116 valence electrons. The Labute approximate surface area is 133 Å². The van der Waals surface area contributed by atoms with Crippen LogP contribution in [0.15, 0.2) is 59.8 Å². The number of oxime groups is 1. The Morgan fingerprint density at radius 1 is 1.13 bits per heavy atom. The van der Waals surface area contributed by atoms with Crippen LogP contribution >= 0.6 is 0 Å². The van der Waals surface area contributed by atoms with Crippen LogP contribution in [0.4, 0.5) is 16.2 Å². The van der Waals surface area contributed by atoms with Crippen molar-refractivity contribution >= 4 is 29.1 Å². The smallest absolute Gasteiger partial charge is 0.320 e. The predicted molar refractivity (Wildman–Crippen MR) is 86.7 cm³/mol. The molecular formula is C17H15N3O3. The van der Waals surface area contributed by atoms with Crippen molar-refractivity contribution in [3.63, 3.8) is 0 Å². The number of benzene rings is 2. The van der Waals surface area contributed by atoms with Crippen LogP contribution in [-0.4, -0.2) is 24.3 Å². The van der Waals surface area contributed by atoms with Crippen molar-refractivity contribution in [2.75, 3.05) is 11.4 Å². The van der Waals surface area contributed by atoms with E-state index in [-0.39, 0.29) is 11.6 Å². The zero-order valence-corrected chi connectivity index (χ0v) is 12.5. The number of nitrogens with one attached hydrogen (secondary N) is 1. The standard InChI is InChI=1S/C17H15N3O3/c1-2-18-17(22)23-19-15-13-10-6-7-11-14(13)20(16(15)21)12-8-4-3-5-9-12/h3-11H,2H2,1H3,(H,18,22)/b19-15+. The molecule has 0 fully saturated rings. The normalized spacial score (nSPS) is 14.7. The molecule has 2 aromatic rings. The molecule has 3 rings (SSSR count). The van der Waals surface area contributed by atoms with Gasteiger partial charge in [-0.05, 0) is 25.1 Å². The van der Waals surface area contributed by atoms with Gasteiger partial charge in [0.15, 0.2) is 5.71 Å². The van der Waals surface area contributed by atoms with E-state index in [0.29, 0.717) is 17.8 Å². The van der Waals surface area contributed by atoms with Crippen molar-refractivity contribution in [1.82, 2.24) is 5.32 Å². The van der Waals surface area contributed by atoms with Crippen LogP contribution < -0.4 is 10.2 Å². The Hall–Kier alpha value is -3.15. The molecule has 0 saturated carbocycles. The average molecular weight is 309 g/mol. The number of amides is 2. The van der Waals surface area contributed by atoms with E-state index >= 15 is 0 Å². The van der Waals surface area contributed by atoms with Gasteiger partial charge in [-0.3, -0.25) is 14.5 Å². The molecule has 1 heterocycles. The van der Waals surface area contributed by atoms with Crippen molar-refractivity contribution in [2.45, 2.75) is 6.92 Å². The quantitative estimate of drug-likeness (QED) is 0.700. The molecule has 0 saturated heterocycles. The van der Waals surface area contributed by atoms with E-state index in [2.05, 4.69) is 10.5 Å². The van der Waals surface area contributed by atoms with Gasteiger partial charge in [0.05, 0.1) is 5.69 Å². The fourth-order valence-corrected chi connectivity index (χ4v) is 2.38. The highest BCUT2D eigenvalue weighted by Gasteiger charge is 2.35. The summed E-state index contributed by atoms with van der Waals surface area (Å²) < 4.78 is 0. The Kier molecular flexibility index (Phi) is 4.05. The maximum atomic E-state index is 12.7. The van der Waals surface area contributed by atoms with Crippen LogP contribution in [0.25, 0.3) is 0 Å². The third kappa shape index (κ3) is 2.78. The van der Waals surface area contributed by atoms with Crippen LogP contribution in [0, 0.1) is 0 Å². The minimum absolute atomic E-state index is 0.107. The summed E-state index contributed by atoms with van der Waals surface area (Å²) in [6, 6.07) is 16.5. The first-order chi connectivity index (χ1) is 11.2. The lowest BCUT2D eigenvalue weighted by Crippen LogP contribution is -2.27. The molecule has 2 aromatic carbocycles. The maximum Gasteiger partial charge on any atom is 0.433 e. The Balaban J connectivity index is 1.99. The van der Waals surface area contributed by atoms with E-state index in [0.717, 1.165) is 5.69 Å². The lowest BCUT2D eigenvalue weighted by molar-refractivity contribution is -0.111. The fourth-order valence-electron chi connectivity index (χ4n) is 2.38. The van der Waals surface area contributed by atoms with E-state index < -0.39 is 6.09 Å². The van der Waals surface area contributed by atoms with Gasteiger partial charge in [-0.15, -0.1) is 0 Å². The molecular weight excluding hydrogens is 294 g/mol. The zero-order valence-electron chi connectivity index (χ0n) is 12.5. The molecule has 0 spiro atoms. The first-order valence-electron chi connectivity index (χ1n) is 7.24. The van der Waals surface area contributed by atoms with Crippen molar-refractivity contribution in [2.24, 2.45) is 5.16 Å². The summed E-state index contributed by atoms with van der Waals surface area (Å²) in [6.45, 7) is 2.19. The van der Waals surface area contributed by atoms with Crippen LogP contribution in [-0.2, 0) is 9.63 Å². The molecule has 0 bridgehead atoms. The molecule has 23 heavy (non-hydrogen) atoms. The van der Waals surface area contributed by atoms with Gasteiger partial charge in [-0.25, -0.2) is 4.79 Å². The second-order valence-electron chi connectivity index (χ2n) is 4.84. The van der Waals surface area contributed by atoms with Crippen molar-refractivity contribution in [1.29, 1.82) is 0 Å². The summed E-state index contributed by atoms with van der Waals surface area (Å²) in [4.78, 5) is 30.4. The van der Waals surface area contributed by atoms with Gasteiger partial charge in [-0.1, -0.05) is 41.6 Å². The molecule has 1 aliphatic rings. The SMILES string of the molecule is CCNC(=O)O/N=C1/C(=O)N(c2ccccc2)c2ccccc21. The van der Waals surface area contributed by atoms with E-state index in [4.69, 9.17) is 4.84 Å². The highest BCUT2D eigenvalue weighted by Crippen LogP contribution is 2.35. The lowest BCUT2D eigenvalue weighted by atomic mass is 10.1. The summed E-state index contributed by atoms with van der Waals surface area (Å²) in [6.07, 6.45) is -0.691. The highest BCUT2D eigenvalue weighted by molar-refractivity contribution is 6.55. The van der Waals surface area contributed by atoms with E-state index in [9.17, 15) is 9.59 Å². The number of anilines is 2. The number of rotatable bonds is 3. The van der Waals surface area contributed by atoms with E-state index in [1.165, 1.54) is 0 Å². The summed E-state index contributed by atoms with van der Waals surface area (Å²) in [5.74, 6) is -0.332. The summed E-state index contributed by atoms with van der Waals surface area (Å²) in [7, 11) is 0. The fraction of sp³-hybridized carbons (Fsp3) is 0.118. The predicted octanol–water partition coefficient (Wildman–Crippen LogP) is 2.82. The molecule has 0 aliphatic carbocycles. The summed E-state index contributed by atoms with van der Waals surface area (Å²) >= 11 is 0. The second kappa shape index (κ2) is 6.31. The number of carbonyl (C=O) groups is 2. The molecule has 0 unspecified atom stereocenters. The molecule has 6 heteroatoms. The Morgan fingerprint density at radius 2 is 1.83 bits per heavy atom. The molecule has 0 aromatic heterocycles. The van der Waals surface area contributed by atoms with Crippen molar-refractivity contribution in [3.8, 4) is 0 Å². The second-order valence-corrected chi connectivity index (χ2v) is 4.84. The monoisotopic (exact) mass is 309 g/mol. The Bertz CT molecular complexity index is 772. The first kappa shape index (κ1) is 14.8. The van der Waals surface area contributed by atoms with Gasteiger partial charge in [0.1, 0.15) is 0 Å². The lowest BCUT2D eigenvalue weighted by Gasteiger charge is -2.16. The molecule has 0 radical (unpaired) electrons. The topological polar surface area (TPSA) is 71.0 Å². The summed E-state index contributed by atoms with van der Waals surface area (Å²) in [5, 5.41) is 6.21. The van der Waals surface area contributed by atoms with Crippen LogP contribution in [0.3, 0.4) is 0 Å². The number of hydrogen-bond acceptors (Lipinski definition) is 4. The molecule has 2 amide bonds. The third-order valence-corrected chi connectivity index (χ3v) is 3.36. The average Bonchev–Trinajstić information content (AvgIpc) is 2.85. The maximum absolute atomic E-state index is 12.7. The van der Waals surface area contributed by atoms with Gasteiger partial charge in [0, 0.05) is 17.8 Å². The number of fused-ring (bicyclic) bond motifs is 1. The van der Waals surface area contributed by atoms with E-state index in [1.54, 1.807) is 17.9 Å². The molecule has 0 atom stereocenters.